The van der Waals surface area contributed by atoms with Crippen LogP contribution >= 0.6 is 11.3 Å². The number of amides is 1. The zero-order valence-corrected chi connectivity index (χ0v) is 18.3. The molecule has 6 nitrogen and oxygen atoms in total. The molecule has 158 valence electrons. The van der Waals surface area contributed by atoms with Crippen LogP contribution in [0.3, 0.4) is 0 Å². The van der Waals surface area contributed by atoms with E-state index in [1.54, 1.807) is 13.0 Å². The maximum Gasteiger partial charge on any atom is 0.341 e. The number of fused-ring (bicyclic) bond motifs is 2. The molecule has 0 bridgehead atoms. The number of benzene rings is 1. The van der Waals surface area contributed by atoms with Gasteiger partial charge >= 0.3 is 5.97 Å². The summed E-state index contributed by atoms with van der Waals surface area (Å²) in [5.74, 6) is -0.951. The molecule has 4 rings (SSSR count). The SMILES string of the molecule is CCOC(=O)c1c(NC(=O)/C(C#N)=C/c2cn(C)c3ccccc23)sc2c1CCCC2. The highest BCUT2D eigenvalue weighted by Gasteiger charge is 2.27. The van der Waals surface area contributed by atoms with Crippen LogP contribution in [0.25, 0.3) is 17.0 Å². The lowest BCUT2D eigenvalue weighted by atomic mass is 9.95. The summed E-state index contributed by atoms with van der Waals surface area (Å²) in [6, 6.07) is 9.83. The molecule has 0 saturated heterocycles. The van der Waals surface area contributed by atoms with Gasteiger partial charge in [-0.3, -0.25) is 4.79 Å². The van der Waals surface area contributed by atoms with E-state index in [0.717, 1.165) is 52.6 Å². The molecule has 0 unspecified atom stereocenters. The largest absolute Gasteiger partial charge is 0.462 e. The van der Waals surface area contributed by atoms with E-state index in [1.807, 2.05) is 48.1 Å². The van der Waals surface area contributed by atoms with Gasteiger partial charge in [0.1, 0.15) is 16.6 Å². The molecular formula is C24H23N3O3S. The Kier molecular flexibility index (Phi) is 5.92. The summed E-state index contributed by atoms with van der Waals surface area (Å²) in [5, 5.41) is 13.9. The van der Waals surface area contributed by atoms with E-state index in [9.17, 15) is 14.9 Å². The van der Waals surface area contributed by atoms with Crippen molar-refractivity contribution in [2.45, 2.75) is 32.6 Å². The van der Waals surface area contributed by atoms with Crippen LogP contribution < -0.4 is 5.32 Å². The number of hydrogen-bond acceptors (Lipinski definition) is 5. The predicted molar refractivity (Wildman–Crippen MR) is 122 cm³/mol. The van der Waals surface area contributed by atoms with E-state index in [0.29, 0.717) is 10.6 Å². The molecule has 7 heteroatoms. The number of para-hydroxylation sites is 1. The van der Waals surface area contributed by atoms with Gasteiger partial charge in [-0.1, -0.05) is 18.2 Å². The second-order valence-electron chi connectivity index (χ2n) is 7.47. The molecule has 2 aromatic heterocycles. The molecule has 1 amide bonds. The first-order valence-corrected chi connectivity index (χ1v) is 11.1. The number of thiophene rings is 1. The number of aromatic nitrogens is 1. The van der Waals surface area contributed by atoms with E-state index < -0.39 is 11.9 Å². The third-order valence-electron chi connectivity index (χ3n) is 5.47. The number of carbonyl (C=O) groups is 2. The van der Waals surface area contributed by atoms with Gasteiger partial charge in [-0.15, -0.1) is 11.3 Å². The van der Waals surface area contributed by atoms with Crippen molar-refractivity contribution in [1.29, 1.82) is 5.26 Å². The Hall–Kier alpha value is -3.37. The molecule has 2 heterocycles. The molecule has 1 aliphatic carbocycles. The Bertz CT molecular complexity index is 1240. The molecule has 0 radical (unpaired) electrons. The van der Waals surface area contributed by atoms with Crippen molar-refractivity contribution in [2.24, 2.45) is 7.05 Å². The minimum absolute atomic E-state index is 0.0162. The highest BCUT2D eigenvalue weighted by atomic mass is 32.1. The van der Waals surface area contributed by atoms with Crippen molar-refractivity contribution in [3.05, 3.63) is 57.6 Å². The first-order valence-electron chi connectivity index (χ1n) is 10.3. The lowest BCUT2D eigenvalue weighted by Gasteiger charge is -2.12. The Morgan fingerprint density at radius 3 is 2.84 bits per heavy atom. The van der Waals surface area contributed by atoms with Crippen LogP contribution in [0.1, 0.15) is 46.1 Å². The summed E-state index contributed by atoms with van der Waals surface area (Å²) in [5.41, 5.74) is 3.21. The van der Waals surface area contributed by atoms with Crippen molar-refractivity contribution >= 4 is 45.2 Å². The molecular weight excluding hydrogens is 410 g/mol. The summed E-state index contributed by atoms with van der Waals surface area (Å²) in [6.07, 6.45) is 7.24. The van der Waals surface area contributed by atoms with E-state index in [-0.39, 0.29) is 12.2 Å². The van der Waals surface area contributed by atoms with Gasteiger partial charge in [0.2, 0.25) is 0 Å². The Balaban J connectivity index is 1.68. The number of esters is 1. The summed E-state index contributed by atoms with van der Waals surface area (Å²) in [7, 11) is 1.92. The number of hydrogen-bond donors (Lipinski definition) is 1. The van der Waals surface area contributed by atoms with Gasteiger partial charge in [0.15, 0.2) is 0 Å². The maximum atomic E-state index is 13.0. The van der Waals surface area contributed by atoms with Crippen LogP contribution in [0.15, 0.2) is 36.0 Å². The van der Waals surface area contributed by atoms with Gasteiger partial charge < -0.3 is 14.6 Å². The third-order valence-corrected chi connectivity index (χ3v) is 6.68. The molecule has 1 aliphatic rings. The lowest BCUT2D eigenvalue weighted by molar-refractivity contribution is -0.112. The molecule has 1 N–H and O–H groups in total. The number of nitriles is 1. The molecule has 1 aromatic carbocycles. The van der Waals surface area contributed by atoms with Crippen molar-refractivity contribution in [1.82, 2.24) is 4.57 Å². The van der Waals surface area contributed by atoms with Crippen molar-refractivity contribution in [3.63, 3.8) is 0 Å². The van der Waals surface area contributed by atoms with Gasteiger partial charge in [0.05, 0.1) is 12.2 Å². The lowest BCUT2D eigenvalue weighted by Crippen LogP contribution is -2.16. The van der Waals surface area contributed by atoms with Crippen molar-refractivity contribution in [3.8, 4) is 6.07 Å². The zero-order valence-electron chi connectivity index (χ0n) is 17.5. The molecule has 0 saturated carbocycles. The van der Waals surface area contributed by atoms with Crippen LogP contribution in [0.5, 0.6) is 0 Å². The van der Waals surface area contributed by atoms with E-state index in [1.165, 1.54) is 11.3 Å². The van der Waals surface area contributed by atoms with Gasteiger partial charge in [-0.25, -0.2) is 4.79 Å². The predicted octanol–water partition coefficient (Wildman–Crippen LogP) is 4.84. The van der Waals surface area contributed by atoms with Crippen molar-refractivity contribution in [2.75, 3.05) is 11.9 Å². The number of rotatable bonds is 5. The van der Waals surface area contributed by atoms with Crippen LogP contribution in [-0.4, -0.2) is 23.1 Å². The van der Waals surface area contributed by atoms with Gasteiger partial charge in [-0.05, 0) is 50.3 Å². The molecule has 0 atom stereocenters. The summed E-state index contributed by atoms with van der Waals surface area (Å²) in [6.45, 7) is 2.02. The fourth-order valence-electron chi connectivity index (χ4n) is 4.04. The summed E-state index contributed by atoms with van der Waals surface area (Å²) < 4.78 is 7.20. The van der Waals surface area contributed by atoms with Crippen LogP contribution in [-0.2, 0) is 29.4 Å². The number of nitrogens with one attached hydrogen (secondary N) is 1. The van der Waals surface area contributed by atoms with E-state index >= 15 is 0 Å². The maximum absolute atomic E-state index is 13.0. The van der Waals surface area contributed by atoms with Gasteiger partial charge in [0, 0.05) is 34.6 Å². The average molecular weight is 434 g/mol. The topological polar surface area (TPSA) is 84.1 Å². The minimum atomic E-state index is -0.528. The number of ether oxygens (including phenoxy) is 1. The van der Waals surface area contributed by atoms with E-state index in [2.05, 4.69) is 5.32 Å². The van der Waals surface area contributed by atoms with Crippen LogP contribution in [0.4, 0.5) is 5.00 Å². The first-order chi connectivity index (χ1) is 15.0. The Morgan fingerprint density at radius 2 is 2.06 bits per heavy atom. The number of anilines is 1. The zero-order chi connectivity index (χ0) is 22.0. The second-order valence-corrected chi connectivity index (χ2v) is 8.58. The molecule has 0 spiro atoms. The summed E-state index contributed by atoms with van der Waals surface area (Å²) >= 11 is 1.41. The normalized spacial score (nSPS) is 13.5. The Labute approximate surface area is 184 Å². The highest BCUT2D eigenvalue weighted by Crippen LogP contribution is 2.39. The second kappa shape index (κ2) is 8.78. The Morgan fingerprint density at radius 1 is 1.29 bits per heavy atom. The fourth-order valence-corrected chi connectivity index (χ4v) is 5.31. The van der Waals surface area contributed by atoms with Crippen LogP contribution in [0.2, 0.25) is 0 Å². The number of carbonyl (C=O) groups excluding carboxylic acids is 2. The standard InChI is InChI=1S/C24H23N3O3S/c1-3-30-24(29)21-18-9-5-7-11-20(18)31-23(21)26-22(28)15(13-25)12-16-14-27(2)19-10-6-4-8-17(16)19/h4,6,8,10,12,14H,3,5,7,9,11H2,1-2H3,(H,26,28)/b15-12+. The molecule has 31 heavy (non-hydrogen) atoms. The molecule has 0 aliphatic heterocycles. The highest BCUT2D eigenvalue weighted by molar-refractivity contribution is 7.17. The first kappa shape index (κ1) is 20.9. The van der Waals surface area contributed by atoms with Crippen LogP contribution in [0, 0.1) is 11.3 Å². The third kappa shape index (κ3) is 3.99. The quantitative estimate of drug-likeness (QED) is 0.354. The monoisotopic (exact) mass is 433 g/mol. The number of aryl methyl sites for hydroxylation is 2. The molecule has 0 fully saturated rings. The van der Waals surface area contributed by atoms with Gasteiger partial charge in [0.25, 0.3) is 5.91 Å². The van der Waals surface area contributed by atoms with Crippen molar-refractivity contribution < 1.29 is 14.3 Å². The van der Waals surface area contributed by atoms with Gasteiger partial charge in [-0.2, -0.15) is 5.26 Å². The summed E-state index contributed by atoms with van der Waals surface area (Å²) in [4.78, 5) is 26.7. The smallest absolute Gasteiger partial charge is 0.341 e. The minimum Gasteiger partial charge on any atom is -0.462 e. The average Bonchev–Trinajstić information content (AvgIpc) is 3.29. The number of nitrogens with zero attached hydrogens (tertiary/aromatic N) is 2. The fraction of sp³-hybridized carbons (Fsp3) is 0.292. The van der Waals surface area contributed by atoms with E-state index in [4.69, 9.17) is 4.74 Å². The molecule has 3 aromatic rings.